The lowest BCUT2D eigenvalue weighted by atomic mass is 10.1. The maximum absolute atomic E-state index is 13.1. The number of piperazine rings is 1. The molecule has 0 spiro atoms. The van der Waals surface area contributed by atoms with Gasteiger partial charge < -0.3 is 9.64 Å². The quantitative estimate of drug-likeness (QED) is 0.441. The molecule has 2 fully saturated rings. The van der Waals surface area contributed by atoms with Crippen LogP contribution in [0.15, 0.2) is 48.5 Å². The Bertz CT molecular complexity index is 1020. The van der Waals surface area contributed by atoms with Gasteiger partial charge in [0.25, 0.3) is 5.91 Å². The average Bonchev–Trinajstić information content (AvgIpc) is 3.13. The summed E-state index contributed by atoms with van der Waals surface area (Å²) < 4.78 is 44.8. The second kappa shape index (κ2) is 10.0. The van der Waals surface area contributed by atoms with Crippen LogP contribution < -0.4 is 14.5 Å². The van der Waals surface area contributed by atoms with Crippen LogP contribution in [0.25, 0.3) is 0 Å². The summed E-state index contributed by atoms with van der Waals surface area (Å²) in [5, 5.41) is 0. The molecule has 1 atom stereocenters. The number of hydrogen-bond acceptors (Lipinski definition) is 5. The number of ether oxygens (including phenoxy) is 1. The lowest BCUT2D eigenvalue weighted by molar-refractivity contribution is -0.137. The molecule has 34 heavy (non-hydrogen) atoms. The van der Waals surface area contributed by atoms with Crippen LogP contribution in [0.1, 0.15) is 31.7 Å². The topological polar surface area (TPSA) is 53.1 Å². The zero-order chi connectivity index (χ0) is 24.3. The summed E-state index contributed by atoms with van der Waals surface area (Å²) in [5.74, 6) is 0.172. The molecule has 182 valence electrons. The Balaban J connectivity index is 1.37. The highest BCUT2D eigenvalue weighted by Crippen LogP contribution is 2.32. The van der Waals surface area contributed by atoms with E-state index in [0.29, 0.717) is 49.9 Å². The van der Waals surface area contributed by atoms with E-state index in [-0.39, 0.29) is 18.2 Å². The highest BCUT2D eigenvalue weighted by molar-refractivity contribution is 6.22. The van der Waals surface area contributed by atoms with E-state index in [1.807, 2.05) is 9.80 Å². The van der Waals surface area contributed by atoms with E-state index in [1.165, 1.54) is 11.0 Å². The Labute approximate surface area is 196 Å². The number of unbranched alkanes of at least 4 members (excludes halogenated alkanes) is 1. The number of halogens is 3. The first-order valence-electron chi connectivity index (χ1n) is 11.5. The third kappa shape index (κ3) is 5.19. The smallest absolute Gasteiger partial charge is 0.416 e. The second-order valence-electron chi connectivity index (χ2n) is 8.55. The number of amides is 2. The molecular formula is C25H28F3N3O3. The first-order valence-corrected chi connectivity index (χ1v) is 11.5. The van der Waals surface area contributed by atoms with Gasteiger partial charge in [0, 0.05) is 31.9 Å². The minimum atomic E-state index is -4.39. The SMILES string of the molecule is CCCCOc1ccc(N2C(=O)C[C@@H](N3CCN(c4cccc(C(F)(F)F)c4)CC3)C2=O)cc1. The average molecular weight is 476 g/mol. The summed E-state index contributed by atoms with van der Waals surface area (Å²) in [7, 11) is 0. The van der Waals surface area contributed by atoms with Crippen molar-refractivity contribution in [2.24, 2.45) is 0 Å². The Kier molecular flexibility index (Phi) is 7.11. The lowest BCUT2D eigenvalue weighted by Crippen LogP contribution is -2.52. The van der Waals surface area contributed by atoms with Gasteiger partial charge >= 0.3 is 6.18 Å². The number of anilines is 2. The number of nitrogens with zero attached hydrogens (tertiary/aromatic N) is 3. The van der Waals surface area contributed by atoms with Crippen molar-refractivity contribution in [3.05, 3.63) is 54.1 Å². The Hall–Kier alpha value is -3.07. The Morgan fingerprint density at radius 2 is 1.68 bits per heavy atom. The highest BCUT2D eigenvalue weighted by atomic mass is 19.4. The predicted octanol–water partition coefficient (Wildman–Crippen LogP) is 4.34. The first-order chi connectivity index (χ1) is 16.3. The molecule has 0 aliphatic carbocycles. The number of hydrogen-bond donors (Lipinski definition) is 0. The van der Waals surface area contributed by atoms with Crippen LogP contribution in [0.5, 0.6) is 5.75 Å². The van der Waals surface area contributed by atoms with Crippen molar-refractivity contribution in [1.82, 2.24) is 4.90 Å². The van der Waals surface area contributed by atoms with Gasteiger partial charge in [-0.15, -0.1) is 0 Å². The Morgan fingerprint density at radius 1 is 0.971 bits per heavy atom. The van der Waals surface area contributed by atoms with E-state index >= 15 is 0 Å². The molecule has 0 saturated carbocycles. The lowest BCUT2D eigenvalue weighted by Gasteiger charge is -2.38. The predicted molar refractivity (Wildman–Crippen MR) is 123 cm³/mol. The van der Waals surface area contributed by atoms with Crippen molar-refractivity contribution < 1.29 is 27.5 Å². The molecule has 4 rings (SSSR count). The fourth-order valence-electron chi connectivity index (χ4n) is 4.37. The molecule has 0 radical (unpaired) electrons. The zero-order valence-electron chi connectivity index (χ0n) is 19.1. The summed E-state index contributed by atoms with van der Waals surface area (Å²) in [6.07, 6.45) is -2.31. The first kappa shape index (κ1) is 24.1. The van der Waals surface area contributed by atoms with Crippen LogP contribution in [-0.4, -0.2) is 55.5 Å². The van der Waals surface area contributed by atoms with Gasteiger partial charge in [-0.1, -0.05) is 19.4 Å². The number of alkyl halides is 3. The second-order valence-corrected chi connectivity index (χ2v) is 8.55. The van der Waals surface area contributed by atoms with E-state index in [9.17, 15) is 22.8 Å². The van der Waals surface area contributed by atoms with Gasteiger partial charge in [-0.3, -0.25) is 14.5 Å². The summed E-state index contributed by atoms with van der Waals surface area (Å²) in [4.78, 5) is 30.8. The molecule has 0 bridgehead atoms. The van der Waals surface area contributed by atoms with Crippen LogP contribution in [0.4, 0.5) is 24.5 Å². The number of rotatable bonds is 7. The van der Waals surface area contributed by atoms with Crippen molar-refractivity contribution in [2.75, 3.05) is 42.6 Å². The molecular weight excluding hydrogens is 447 g/mol. The van der Waals surface area contributed by atoms with Crippen molar-refractivity contribution in [3.8, 4) is 5.75 Å². The highest BCUT2D eigenvalue weighted by Gasteiger charge is 2.43. The molecule has 2 aliphatic rings. The molecule has 0 aromatic heterocycles. The number of carbonyl (C=O) groups excluding carboxylic acids is 2. The number of benzene rings is 2. The summed E-state index contributed by atoms with van der Waals surface area (Å²) in [6.45, 7) is 4.62. The van der Waals surface area contributed by atoms with Crippen LogP contribution in [0, 0.1) is 0 Å². The third-order valence-corrected chi connectivity index (χ3v) is 6.28. The fourth-order valence-corrected chi connectivity index (χ4v) is 4.37. The van der Waals surface area contributed by atoms with E-state index < -0.39 is 17.8 Å². The van der Waals surface area contributed by atoms with Gasteiger partial charge in [-0.2, -0.15) is 13.2 Å². The maximum Gasteiger partial charge on any atom is 0.416 e. The Morgan fingerprint density at radius 3 is 2.32 bits per heavy atom. The van der Waals surface area contributed by atoms with Gasteiger partial charge in [0.1, 0.15) is 5.75 Å². The van der Waals surface area contributed by atoms with E-state index in [0.717, 1.165) is 25.0 Å². The van der Waals surface area contributed by atoms with Gasteiger partial charge in [0.05, 0.1) is 30.3 Å². The summed E-state index contributed by atoms with van der Waals surface area (Å²) in [5.41, 5.74) is 0.343. The molecule has 2 aromatic rings. The minimum Gasteiger partial charge on any atom is -0.494 e. The van der Waals surface area contributed by atoms with Crippen molar-refractivity contribution in [2.45, 2.75) is 38.4 Å². The molecule has 0 N–H and O–H groups in total. The monoisotopic (exact) mass is 475 g/mol. The van der Waals surface area contributed by atoms with E-state index in [2.05, 4.69) is 6.92 Å². The number of imide groups is 1. The standard InChI is InChI=1S/C25H28F3N3O3/c1-2-3-15-34-21-9-7-19(8-10-21)31-23(32)17-22(24(31)33)30-13-11-29(12-14-30)20-6-4-5-18(16-20)25(26,27)28/h4-10,16,22H,2-3,11-15,17H2,1H3/t22-/m1/s1. The van der Waals surface area contributed by atoms with Crippen molar-refractivity contribution >= 4 is 23.2 Å². The largest absolute Gasteiger partial charge is 0.494 e. The molecule has 2 heterocycles. The van der Waals surface area contributed by atoms with Crippen LogP contribution in [0.2, 0.25) is 0 Å². The fraction of sp³-hybridized carbons (Fsp3) is 0.440. The van der Waals surface area contributed by atoms with Crippen LogP contribution in [0.3, 0.4) is 0 Å². The molecule has 2 aliphatic heterocycles. The maximum atomic E-state index is 13.1. The summed E-state index contributed by atoms with van der Waals surface area (Å²) in [6, 6.07) is 11.7. The molecule has 2 aromatic carbocycles. The number of carbonyl (C=O) groups is 2. The van der Waals surface area contributed by atoms with Gasteiger partial charge in [-0.05, 0) is 48.9 Å². The molecule has 0 unspecified atom stereocenters. The van der Waals surface area contributed by atoms with Gasteiger partial charge in [0.15, 0.2) is 0 Å². The molecule has 2 amide bonds. The molecule has 2 saturated heterocycles. The summed E-state index contributed by atoms with van der Waals surface area (Å²) >= 11 is 0. The minimum absolute atomic E-state index is 0.0944. The zero-order valence-corrected chi connectivity index (χ0v) is 19.1. The van der Waals surface area contributed by atoms with Crippen LogP contribution >= 0.6 is 0 Å². The van der Waals surface area contributed by atoms with Crippen molar-refractivity contribution in [1.29, 1.82) is 0 Å². The third-order valence-electron chi connectivity index (χ3n) is 6.28. The normalized spacial score (nSPS) is 19.7. The van der Waals surface area contributed by atoms with Crippen LogP contribution in [-0.2, 0) is 15.8 Å². The van der Waals surface area contributed by atoms with Gasteiger partial charge in [0.2, 0.25) is 5.91 Å². The van der Waals surface area contributed by atoms with E-state index in [4.69, 9.17) is 4.74 Å². The molecule has 9 heteroatoms. The van der Waals surface area contributed by atoms with Gasteiger partial charge in [-0.25, -0.2) is 4.90 Å². The van der Waals surface area contributed by atoms with Crippen molar-refractivity contribution in [3.63, 3.8) is 0 Å². The van der Waals surface area contributed by atoms with E-state index in [1.54, 1.807) is 30.3 Å². The molecule has 6 nitrogen and oxygen atoms in total.